The Morgan fingerprint density at radius 2 is 1.57 bits per heavy atom. The Kier molecular flexibility index (Phi) is 13.3. The highest BCUT2D eigenvalue weighted by molar-refractivity contribution is 5.90. The first-order chi connectivity index (χ1) is 13.2. The van der Waals surface area contributed by atoms with E-state index in [0.717, 1.165) is 0 Å². The largest absolute Gasteiger partial charge is 0.481 e. The van der Waals surface area contributed by atoms with E-state index in [1.807, 2.05) is 0 Å². The molecule has 1 atom stereocenters. The van der Waals surface area contributed by atoms with E-state index in [1.54, 1.807) is 20.8 Å². The Morgan fingerprint density at radius 1 is 0.929 bits per heavy atom. The van der Waals surface area contributed by atoms with Crippen molar-refractivity contribution in [1.29, 1.82) is 0 Å². The summed E-state index contributed by atoms with van der Waals surface area (Å²) >= 11 is 0. The highest BCUT2D eigenvalue weighted by Crippen LogP contribution is 2.01. The molecule has 0 rings (SSSR count). The number of amides is 3. The van der Waals surface area contributed by atoms with E-state index in [9.17, 15) is 24.0 Å². The topological polar surface area (TPSA) is 151 Å². The van der Waals surface area contributed by atoms with Crippen LogP contribution in [0.1, 0.15) is 46.5 Å². The molecule has 28 heavy (non-hydrogen) atoms. The molecule has 0 heterocycles. The maximum absolute atomic E-state index is 12.1. The lowest BCUT2D eigenvalue weighted by molar-refractivity contribution is -0.138. The number of rotatable bonds is 15. The van der Waals surface area contributed by atoms with E-state index < -0.39 is 23.8 Å². The normalized spacial score (nSPS) is 11.6. The summed E-state index contributed by atoms with van der Waals surface area (Å²) < 4.78 is 5.24. The van der Waals surface area contributed by atoms with Crippen LogP contribution in [0.3, 0.4) is 0 Å². The van der Waals surface area contributed by atoms with Gasteiger partial charge in [-0.3, -0.25) is 24.0 Å². The van der Waals surface area contributed by atoms with Crippen molar-refractivity contribution >= 4 is 29.5 Å². The van der Waals surface area contributed by atoms with Gasteiger partial charge in [0.05, 0.1) is 19.8 Å². The van der Waals surface area contributed by atoms with Gasteiger partial charge in [-0.05, 0) is 13.3 Å². The molecule has 4 N–H and O–H groups in total. The molecule has 0 radical (unpaired) electrons. The minimum atomic E-state index is -1.10. The minimum Gasteiger partial charge on any atom is -0.481 e. The first-order valence-electron chi connectivity index (χ1n) is 9.33. The van der Waals surface area contributed by atoms with E-state index in [1.165, 1.54) is 0 Å². The molecular formula is C18H31N3O7. The summed E-state index contributed by atoms with van der Waals surface area (Å²) in [5.74, 6) is -2.61. The van der Waals surface area contributed by atoms with Crippen molar-refractivity contribution in [2.45, 2.75) is 52.5 Å². The van der Waals surface area contributed by atoms with Gasteiger partial charge in [0.1, 0.15) is 11.8 Å². The molecule has 0 bridgehead atoms. The van der Waals surface area contributed by atoms with Gasteiger partial charge in [0.15, 0.2) is 0 Å². The predicted molar refractivity (Wildman–Crippen MR) is 100 cm³/mol. The molecule has 0 aliphatic heterocycles. The minimum absolute atomic E-state index is 0.0386. The summed E-state index contributed by atoms with van der Waals surface area (Å²) in [6.45, 7) is 5.75. The lowest BCUT2D eigenvalue weighted by atomic mass is 10.1. The number of ketones is 1. The molecule has 3 amide bonds. The Hall–Kier alpha value is -2.49. The van der Waals surface area contributed by atoms with Gasteiger partial charge in [-0.25, -0.2) is 0 Å². The number of likely N-dealkylation sites (N-methyl/N-ethyl adjacent to an activating group) is 1. The van der Waals surface area contributed by atoms with Crippen LogP contribution in [0.15, 0.2) is 0 Å². The zero-order valence-corrected chi connectivity index (χ0v) is 16.7. The Balaban J connectivity index is 4.38. The lowest BCUT2D eigenvalue weighted by Gasteiger charge is -2.18. The summed E-state index contributed by atoms with van der Waals surface area (Å²) in [4.78, 5) is 57.7. The molecule has 0 aromatic carbocycles. The lowest BCUT2D eigenvalue weighted by Crippen LogP contribution is -2.49. The third kappa shape index (κ3) is 12.8. The maximum Gasteiger partial charge on any atom is 0.303 e. The van der Waals surface area contributed by atoms with Crippen molar-refractivity contribution < 1.29 is 33.8 Å². The Bertz CT molecular complexity index is 549. The molecule has 0 spiro atoms. The third-order valence-electron chi connectivity index (χ3n) is 3.71. The van der Waals surface area contributed by atoms with Gasteiger partial charge in [0.2, 0.25) is 17.7 Å². The second-order valence-electron chi connectivity index (χ2n) is 6.46. The maximum atomic E-state index is 12.1. The fourth-order valence-electron chi connectivity index (χ4n) is 2.08. The fourth-order valence-corrected chi connectivity index (χ4v) is 2.08. The zero-order chi connectivity index (χ0) is 21.5. The fraction of sp³-hybridized carbons (Fsp3) is 0.722. The number of aliphatic carboxylic acids is 1. The average molecular weight is 401 g/mol. The van der Waals surface area contributed by atoms with E-state index in [0.29, 0.717) is 6.54 Å². The first kappa shape index (κ1) is 25.5. The highest BCUT2D eigenvalue weighted by atomic mass is 16.5. The van der Waals surface area contributed by atoms with Crippen molar-refractivity contribution in [2.75, 3.05) is 26.3 Å². The molecule has 1 unspecified atom stereocenters. The summed E-state index contributed by atoms with van der Waals surface area (Å²) in [7, 11) is 0. The molecule has 0 aromatic heterocycles. The number of Topliss-reactive ketones (excluding diaryl/α,β-unsaturated/α-hetero) is 1. The molecule has 0 aliphatic carbocycles. The van der Waals surface area contributed by atoms with E-state index in [4.69, 9.17) is 9.84 Å². The van der Waals surface area contributed by atoms with Gasteiger partial charge in [-0.1, -0.05) is 13.8 Å². The van der Waals surface area contributed by atoms with Gasteiger partial charge in [0.25, 0.3) is 0 Å². The van der Waals surface area contributed by atoms with Gasteiger partial charge in [-0.15, -0.1) is 0 Å². The quantitative estimate of drug-likeness (QED) is 0.273. The summed E-state index contributed by atoms with van der Waals surface area (Å²) in [5, 5.41) is 16.1. The second kappa shape index (κ2) is 14.6. The second-order valence-corrected chi connectivity index (χ2v) is 6.46. The molecule has 0 saturated carbocycles. The van der Waals surface area contributed by atoms with Crippen LogP contribution in [-0.2, 0) is 28.7 Å². The molecule has 10 nitrogen and oxygen atoms in total. The molecule has 0 saturated heterocycles. The van der Waals surface area contributed by atoms with Crippen molar-refractivity contribution in [3.63, 3.8) is 0 Å². The third-order valence-corrected chi connectivity index (χ3v) is 3.71. The summed E-state index contributed by atoms with van der Waals surface area (Å²) in [5.41, 5.74) is 0. The molecule has 10 heteroatoms. The number of hydrogen-bond donors (Lipinski definition) is 4. The number of carbonyl (C=O) groups is 5. The van der Waals surface area contributed by atoms with E-state index in [2.05, 4.69) is 16.0 Å². The van der Waals surface area contributed by atoms with Crippen LogP contribution in [0, 0.1) is 5.92 Å². The first-order valence-corrected chi connectivity index (χ1v) is 9.33. The molecule has 0 aromatic rings. The van der Waals surface area contributed by atoms with Gasteiger partial charge in [0, 0.05) is 31.7 Å². The monoisotopic (exact) mass is 401 g/mol. The smallest absolute Gasteiger partial charge is 0.303 e. The van der Waals surface area contributed by atoms with Gasteiger partial charge in [-0.2, -0.15) is 0 Å². The highest BCUT2D eigenvalue weighted by Gasteiger charge is 2.22. The van der Waals surface area contributed by atoms with Crippen LogP contribution in [-0.4, -0.2) is 66.9 Å². The van der Waals surface area contributed by atoms with E-state index >= 15 is 0 Å². The van der Waals surface area contributed by atoms with E-state index in [-0.39, 0.29) is 63.1 Å². The summed E-state index contributed by atoms with van der Waals surface area (Å²) in [6, 6.07) is -1.07. The molecule has 160 valence electrons. The number of carboxylic acid groups (broad SMARTS) is 1. The molecule has 0 fully saturated rings. The number of hydrogen-bond acceptors (Lipinski definition) is 6. The number of nitrogens with one attached hydrogen (secondary N) is 3. The van der Waals surface area contributed by atoms with Crippen LogP contribution in [0.25, 0.3) is 0 Å². The van der Waals surface area contributed by atoms with Crippen LogP contribution < -0.4 is 16.0 Å². The number of carbonyl (C=O) groups excluding carboxylic acids is 4. The van der Waals surface area contributed by atoms with Gasteiger partial charge >= 0.3 is 5.97 Å². The molecular weight excluding hydrogens is 370 g/mol. The number of ether oxygens (including phenoxy) is 1. The molecule has 0 aliphatic rings. The Morgan fingerprint density at radius 3 is 2.14 bits per heavy atom. The average Bonchev–Trinajstić information content (AvgIpc) is 2.62. The zero-order valence-electron chi connectivity index (χ0n) is 16.7. The van der Waals surface area contributed by atoms with Crippen molar-refractivity contribution in [3.05, 3.63) is 0 Å². The van der Waals surface area contributed by atoms with Crippen LogP contribution >= 0.6 is 0 Å². The van der Waals surface area contributed by atoms with Crippen molar-refractivity contribution in [2.24, 2.45) is 5.92 Å². The predicted octanol–water partition coefficient (Wildman–Crippen LogP) is -0.390. The van der Waals surface area contributed by atoms with Gasteiger partial charge < -0.3 is 25.8 Å². The summed E-state index contributed by atoms with van der Waals surface area (Å²) in [6.07, 6.45) is -0.189. The van der Waals surface area contributed by atoms with Crippen LogP contribution in [0.5, 0.6) is 0 Å². The standard InChI is InChI=1S/C18H31N3O7/c1-4-19-16(24)11-20-18(27)13(5-6-17(25)26)21-15(23)8-10-28-9-7-14(22)12(2)3/h12-13H,4-11H2,1-3H3,(H,19,24)(H,20,27)(H,21,23)(H,25,26). The van der Waals surface area contributed by atoms with Crippen molar-refractivity contribution in [3.8, 4) is 0 Å². The Labute approximate surface area is 164 Å². The number of carboxylic acids is 1. The van der Waals surface area contributed by atoms with Crippen LogP contribution in [0.4, 0.5) is 0 Å². The van der Waals surface area contributed by atoms with Crippen LogP contribution in [0.2, 0.25) is 0 Å². The SMILES string of the molecule is CCNC(=O)CNC(=O)C(CCC(=O)O)NC(=O)CCOCCC(=O)C(C)C. The van der Waals surface area contributed by atoms with Crippen molar-refractivity contribution in [1.82, 2.24) is 16.0 Å².